The van der Waals surface area contributed by atoms with Gasteiger partial charge in [-0.1, -0.05) is 12.2 Å². The number of nitrogens with one attached hydrogen (secondary N) is 1. The molecule has 0 saturated heterocycles. The van der Waals surface area contributed by atoms with E-state index in [0.29, 0.717) is 0 Å². The molecule has 3 nitrogen and oxygen atoms in total. The normalized spacial score (nSPS) is 15.8. The van der Waals surface area contributed by atoms with Gasteiger partial charge in [0.25, 0.3) is 0 Å². The summed E-state index contributed by atoms with van der Waals surface area (Å²) in [6.45, 7) is 13.8. The third-order valence-corrected chi connectivity index (χ3v) is 3.61. The smallest absolute Gasteiger partial charge is 0.133 e. The van der Waals surface area contributed by atoms with Crippen LogP contribution in [0.5, 0.6) is 0 Å². The third kappa shape index (κ3) is 3.83. The van der Waals surface area contributed by atoms with Gasteiger partial charge in [0.1, 0.15) is 5.82 Å². The number of pyridine rings is 1. The fraction of sp³-hybridized carbons (Fsp3) is 0.588. The quantitative estimate of drug-likeness (QED) is 0.856. The molecule has 2 rings (SSSR count). The molecule has 0 aliphatic carbocycles. The largest absolute Gasteiger partial charge is 0.352 e. The Kier molecular flexibility index (Phi) is 4.48. The molecule has 0 atom stereocenters. The van der Waals surface area contributed by atoms with Crippen molar-refractivity contribution in [3.8, 4) is 0 Å². The topological polar surface area (TPSA) is 28.2 Å². The molecule has 1 aromatic heterocycles. The van der Waals surface area contributed by atoms with Crippen LogP contribution in [0.15, 0.2) is 18.2 Å². The van der Waals surface area contributed by atoms with Gasteiger partial charge in [0, 0.05) is 36.4 Å². The summed E-state index contributed by atoms with van der Waals surface area (Å²) in [5, 5.41) is 3.59. The molecular formula is C17H27N3. The fourth-order valence-electron chi connectivity index (χ4n) is 2.51. The minimum absolute atomic E-state index is 0.121. The Labute approximate surface area is 123 Å². The van der Waals surface area contributed by atoms with Crippen molar-refractivity contribution in [2.45, 2.75) is 53.1 Å². The Morgan fingerprint density at radius 3 is 2.60 bits per heavy atom. The van der Waals surface area contributed by atoms with Gasteiger partial charge >= 0.3 is 0 Å². The van der Waals surface area contributed by atoms with E-state index in [9.17, 15) is 0 Å². The molecular weight excluding hydrogens is 246 g/mol. The summed E-state index contributed by atoms with van der Waals surface area (Å²) >= 11 is 0. The van der Waals surface area contributed by atoms with Crippen LogP contribution < -0.4 is 10.2 Å². The van der Waals surface area contributed by atoms with Gasteiger partial charge in [-0.15, -0.1) is 0 Å². The first kappa shape index (κ1) is 15.0. The monoisotopic (exact) mass is 273 g/mol. The van der Waals surface area contributed by atoms with E-state index in [4.69, 9.17) is 4.98 Å². The third-order valence-electron chi connectivity index (χ3n) is 3.61. The molecule has 2 heterocycles. The Morgan fingerprint density at radius 2 is 2.00 bits per heavy atom. The average molecular weight is 273 g/mol. The Bertz CT molecular complexity index is 498. The summed E-state index contributed by atoms with van der Waals surface area (Å²) in [4.78, 5) is 7.20. The van der Waals surface area contributed by atoms with E-state index in [-0.39, 0.29) is 5.54 Å². The van der Waals surface area contributed by atoms with Crippen LogP contribution in [0, 0.1) is 13.8 Å². The van der Waals surface area contributed by atoms with E-state index in [0.717, 1.165) is 37.6 Å². The molecule has 1 aromatic rings. The van der Waals surface area contributed by atoms with Crippen molar-refractivity contribution in [3.05, 3.63) is 35.0 Å². The van der Waals surface area contributed by atoms with E-state index in [1.54, 1.807) is 0 Å². The Hall–Kier alpha value is -1.35. The zero-order chi connectivity index (χ0) is 14.8. The SMILES string of the molecule is Cc1cc(C)c(CNC(C)(C)C)c(N2CC=CCC2)n1. The van der Waals surface area contributed by atoms with Crippen molar-refractivity contribution >= 4 is 5.82 Å². The summed E-state index contributed by atoms with van der Waals surface area (Å²) in [6, 6.07) is 2.18. The van der Waals surface area contributed by atoms with Crippen molar-refractivity contribution in [2.75, 3.05) is 18.0 Å². The predicted octanol–water partition coefficient (Wildman–Crippen LogP) is 3.35. The number of anilines is 1. The predicted molar refractivity (Wildman–Crippen MR) is 86.3 cm³/mol. The van der Waals surface area contributed by atoms with Gasteiger partial charge < -0.3 is 10.2 Å². The molecule has 0 saturated carbocycles. The second-order valence-corrected chi connectivity index (χ2v) is 6.69. The van der Waals surface area contributed by atoms with E-state index < -0.39 is 0 Å². The molecule has 110 valence electrons. The lowest BCUT2D eigenvalue weighted by Gasteiger charge is -2.29. The highest BCUT2D eigenvalue weighted by Gasteiger charge is 2.18. The van der Waals surface area contributed by atoms with Crippen LogP contribution in [0.25, 0.3) is 0 Å². The molecule has 0 bridgehead atoms. The number of hydrogen-bond donors (Lipinski definition) is 1. The van der Waals surface area contributed by atoms with Gasteiger partial charge in [-0.05, 0) is 52.7 Å². The second-order valence-electron chi connectivity index (χ2n) is 6.69. The van der Waals surface area contributed by atoms with Crippen LogP contribution >= 0.6 is 0 Å². The molecule has 1 aliphatic heterocycles. The van der Waals surface area contributed by atoms with Gasteiger partial charge in [0.15, 0.2) is 0 Å². The zero-order valence-electron chi connectivity index (χ0n) is 13.5. The number of hydrogen-bond acceptors (Lipinski definition) is 3. The van der Waals surface area contributed by atoms with E-state index in [1.165, 1.54) is 11.1 Å². The van der Waals surface area contributed by atoms with Gasteiger partial charge in [-0.3, -0.25) is 0 Å². The second kappa shape index (κ2) is 5.96. The molecule has 20 heavy (non-hydrogen) atoms. The maximum absolute atomic E-state index is 4.81. The van der Waals surface area contributed by atoms with Crippen LogP contribution in [-0.2, 0) is 6.54 Å². The van der Waals surface area contributed by atoms with Gasteiger partial charge in [-0.2, -0.15) is 0 Å². The Balaban J connectivity index is 2.30. The highest BCUT2D eigenvalue weighted by Crippen LogP contribution is 2.24. The molecule has 0 amide bonds. The molecule has 3 heteroatoms. The lowest BCUT2D eigenvalue weighted by Crippen LogP contribution is -2.36. The van der Waals surface area contributed by atoms with Crippen LogP contribution in [0.2, 0.25) is 0 Å². The summed E-state index contributed by atoms with van der Waals surface area (Å²) in [7, 11) is 0. The van der Waals surface area contributed by atoms with Crippen molar-refractivity contribution in [3.63, 3.8) is 0 Å². The minimum Gasteiger partial charge on any atom is -0.352 e. The van der Waals surface area contributed by atoms with Crippen LogP contribution in [0.3, 0.4) is 0 Å². The van der Waals surface area contributed by atoms with Gasteiger partial charge in [-0.25, -0.2) is 4.98 Å². The molecule has 0 fully saturated rings. The highest BCUT2D eigenvalue weighted by molar-refractivity contribution is 5.52. The van der Waals surface area contributed by atoms with E-state index >= 15 is 0 Å². The first-order chi connectivity index (χ1) is 9.37. The molecule has 0 unspecified atom stereocenters. The number of aryl methyl sites for hydroxylation is 2. The first-order valence-electron chi connectivity index (χ1n) is 7.49. The van der Waals surface area contributed by atoms with Crippen LogP contribution in [0.4, 0.5) is 5.82 Å². The van der Waals surface area contributed by atoms with Gasteiger partial charge in [0.05, 0.1) is 0 Å². The van der Waals surface area contributed by atoms with E-state index in [1.807, 2.05) is 0 Å². The number of nitrogens with zero attached hydrogens (tertiary/aromatic N) is 2. The first-order valence-corrected chi connectivity index (χ1v) is 7.49. The summed E-state index contributed by atoms with van der Waals surface area (Å²) in [6.07, 6.45) is 5.61. The van der Waals surface area contributed by atoms with E-state index in [2.05, 4.69) is 63.1 Å². The molecule has 0 spiro atoms. The van der Waals surface area contributed by atoms with Crippen molar-refractivity contribution in [1.29, 1.82) is 0 Å². The molecule has 0 radical (unpaired) electrons. The molecule has 1 aliphatic rings. The zero-order valence-corrected chi connectivity index (χ0v) is 13.5. The number of aromatic nitrogens is 1. The lowest BCUT2D eigenvalue weighted by atomic mass is 10.0. The van der Waals surface area contributed by atoms with Crippen LogP contribution in [-0.4, -0.2) is 23.6 Å². The van der Waals surface area contributed by atoms with Crippen molar-refractivity contribution in [1.82, 2.24) is 10.3 Å². The van der Waals surface area contributed by atoms with Crippen LogP contribution in [0.1, 0.15) is 44.0 Å². The minimum atomic E-state index is 0.121. The summed E-state index contributed by atoms with van der Waals surface area (Å²) in [5.41, 5.74) is 3.89. The lowest BCUT2D eigenvalue weighted by molar-refractivity contribution is 0.423. The molecule has 0 aromatic carbocycles. The highest BCUT2D eigenvalue weighted by atomic mass is 15.2. The van der Waals surface area contributed by atoms with Crippen molar-refractivity contribution < 1.29 is 0 Å². The number of rotatable bonds is 3. The summed E-state index contributed by atoms with van der Waals surface area (Å²) in [5.74, 6) is 1.16. The fourth-order valence-corrected chi connectivity index (χ4v) is 2.51. The van der Waals surface area contributed by atoms with Crippen molar-refractivity contribution in [2.24, 2.45) is 0 Å². The average Bonchev–Trinajstić information content (AvgIpc) is 2.36. The maximum atomic E-state index is 4.81. The molecule has 1 N–H and O–H groups in total. The maximum Gasteiger partial charge on any atom is 0.133 e. The van der Waals surface area contributed by atoms with Gasteiger partial charge in [0.2, 0.25) is 0 Å². The summed E-state index contributed by atoms with van der Waals surface area (Å²) < 4.78 is 0. The standard InChI is InChI=1S/C17H27N3/c1-13-11-14(2)19-16(20-9-7-6-8-10-20)15(13)12-18-17(3,4)5/h6-7,11,18H,8-10,12H2,1-5H3. The Morgan fingerprint density at radius 1 is 1.25 bits per heavy atom.